The first kappa shape index (κ1) is 10.2. The molecule has 0 saturated carbocycles. The fourth-order valence-electron chi connectivity index (χ4n) is 0.918. The summed E-state index contributed by atoms with van der Waals surface area (Å²) < 4.78 is 14.8. The molecule has 1 aromatic rings. The summed E-state index contributed by atoms with van der Waals surface area (Å²) in [7, 11) is 3.01. The van der Waals surface area contributed by atoms with Crippen molar-refractivity contribution in [3.05, 3.63) is 42.4 Å². The molecule has 0 amide bonds. The van der Waals surface area contributed by atoms with Gasteiger partial charge in [0.1, 0.15) is 0 Å². The molecular weight excluding hydrogens is 168 g/mol. The van der Waals surface area contributed by atoms with Gasteiger partial charge in [-0.3, -0.25) is 0 Å². The van der Waals surface area contributed by atoms with Crippen LogP contribution in [0, 0.1) is 6.48 Å². The molecule has 0 atom stereocenters. The molecule has 0 aliphatic heterocycles. The molecule has 0 aromatic heterocycles. The fraction of sp³-hybridized carbons (Fsp3) is 0.300. The standard InChI is InChI=1S/C10H13O3/c1-11-10(12-2)13-8-9-6-4-3-5-7-9/h3-7H,8H2,1-2H3. The van der Waals surface area contributed by atoms with Crippen LogP contribution in [0.3, 0.4) is 0 Å². The maximum Gasteiger partial charge on any atom is 0.370 e. The van der Waals surface area contributed by atoms with Crippen LogP contribution in [0.25, 0.3) is 0 Å². The Morgan fingerprint density at radius 2 is 1.69 bits per heavy atom. The van der Waals surface area contributed by atoms with E-state index in [4.69, 9.17) is 14.2 Å². The molecule has 0 heterocycles. The van der Waals surface area contributed by atoms with Gasteiger partial charge in [0.15, 0.2) is 0 Å². The van der Waals surface area contributed by atoms with E-state index in [-0.39, 0.29) is 6.48 Å². The molecule has 1 aromatic carbocycles. The summed E-state index contributed by atoms with van der Waals surface area (Å²) >= 11 is 0. The van der Waals surface area contributed by atoms with E-state index in [0.29, 0.717) is 6.61 Å². The minimum atomic E-state index is 0.184. The van der Waals surface area contributed by atoms with Crippen LogP contribution < -0.4 is 0 Å². The van der Waals surface area contributed by atoms with E-state index in [0.717, 1.165) is 5.56 Å². The van der Waals surface area contributed by atoms with E-state index < -0.39 is 0 Å². The molecule has 1 radical (unpaired) electrons. The smallest absolute Gasteiger partial charge is 0.324 e. The fourth-order valence-corrected chi connectivity index (χ4v) is 0.918. The van der Waals surface area contributed by atoms with Crippen molar-refractivity contribution < 1.29 is 14.2 Å². The number of methoxy groups -OCH3 is 2. The van der Waals surface area contributed by atoms with Gasteiger partial charge in [-0.2, -0.15) is 0 Å². The largest absolute Gasteiger partial charge is 0.370 e. The molecule has 0 spiro atoms. The highest BCUT2D eigenvalue weighted by Gasteiger charge is 2.07. The van der Waals surface area contributed by atoms with E-state index in [2.05, 4.69) is 0 Å². The third-order valence-corrected chi connectivity index (χ3v) is 1.53. The zero-order valence-corrected chi connectivity index (χ0v) is 7.82. The molecule has 13 heavy (non-hydrogen) atoms. The second-order valence-electron chi connectivity index (χ2n) is 2.43. The normalized spacial score (nSPS) is 10.7. The van der Waals surface area contributed by atoms with Crippen LogP contribution in [0.15, 0.2) is 30.3 Å². The minimum absolute atomic E-state index is 0.184. The van der Waals surface area contributed by atoms with Crippen molar-refractivity contribution in [2.45, 2.75) is 6.61 Å². The summed E-state index contributed by atoms with van der Waals surface area (Å²) in [4.78, 5) is 0. The molecule has 0 fully saturated rings. The van der Waals surface area contributed by atoms with Gasteiger partial charge in [-0.05, 0) is 5.56 Å². The predicted molar refractivity (Wildman–Crippen MR) is 48.5 cm³/mol. The molecule has 71 valence electrons. The van der Waals surface area contributed by atoms with Crippen LogP contribution in [-0.2, 0) is 20.8 Å². The van der Waals surface area contributed by atoms with Crippen molar-refractivity contribution in [1.29, 1.82) is 0 Å². The number of ether oxygens (including phenoxy) is 3. The van der Waals surface area contributed by atoms with Crippen molar-refractivity contribution in [3.63, 3.8) is 0 Å². The van der Waals surface area contributed by atoms with Gasteiger partial charge in [-0.25, -0.2) is 0 Å². The Morgan fingerprint density at radius 1 is 1.08 bits per heavy atom. The molecule has 0 bridgehead atoms. The third-order valence-electron chi connectivity index (χ3n) is 1.53. The highest BCUT2D eigenvalue weighted by Crippen LogP contribution is 2.08. The summed E-state index contributed by atoms with van der Waals surface area (Å²) in [6.07, 6.45) is 0. The minimum Gasteiger partial charge on any atom is -0.324 e. The van der Waals surface area contributed by atoms with Crippen LogP contribution >= 0.6 is 0 Å². The Morgan fingerprint density at radius 3 is 2.23 bits per heavy atom. The average Bonchev–Trinajstić information content (AvgIpc) is 2.21. The van der Waals surface area contributed by atoms with Crippen LogP contribution in [0.4, 0.5) is 0 Å². The number of rotatable bonds is 5. The molecule has 0 unspecified atom stereocenters. The zero-order valence-electron chi connectivity index (χ0n) is 7.82. The molecular formula is C10H13O3. The van der Waals surface area contributed by atoms with Crippen molar-refractivity contribution in [1.82, 2.24) is 0 Å². The quantitative estimate of drug-likeness (QED) is 0.694. The van der Waals surface area contributed by atoms with Crippen LogP contribution in [0.5, 0.6) is 0 Å². The van der Waals surface area contributed by atoms with Crippen molar-refractivity contribution >= 4 is 0 Å². The first-order chi connectivity index (χ1) is 6.36. The molecule has 0 aliphatic rings. The molecule has 3 heteroatoms. The summed E-state index contributed by atoms with van der Waals surface area (Å²) in [5, 5.41) is 0. The SMILES string of the molecule is CO[C](OC)OCc1ccccc1. The number of hydrogen-bond acceptors (Lipinski definition) is 3. The van der Waals surface area contributed by atoms with Crippen molar-refractivity contribution in [3.8, 4) is 0 Å². The lowest BCUT2D eigenvalue weighted by molar-refractivity contribution is -0.166. The van der Waals surface area contributed by atoms with Gasteiger partial charge >= 0.3 is 6.48 Å². The lowest BCUT2D eigenvalue weighted by Gasteiger charge is -2.10. The molecule has 0 N–H and O–H groups in total. The topological polar surface area (TPSA) is 27.7 Å². The highest BCUT2D eigenvalue weighted by atomic mass is 16.8. The highest BCUT2D eigenvalue weighted by molar-refractivity contribution is 5.13. The first-order valence-electron chi connectivity index (χ1n) is 3.98. The molecule has 0 aliphatic carbocycles. The summed E-state index contributed by atoms with van der Waals surface area (Å²) in [5.41, 5.74) is 1.08. The van der Waals surface area contributed by atoms with Crippen LogP contribution in [-0.4, -0.2) is 14.2 Å². The van der Waals surface area contributed by atoms with Crippen LogP contribution in [0.1, 0.15) is 5.56 Å². The van der Waals surface area contributed by atoms with Gasteiger partial charge < -0.3 is 14.2 Å². The number of hydrogen-bond donors (Lipinski definition) is 0. The van der Waals surface area contributed by atoms with Gasteiger partial charge in [0.25, 0.3) is 0 Å². The van der Waals surface area contributed by atoms with Gasteiger partial charge in [0, 0.05) is 14.2 Å². The molecule has 0 saturated heterocycles. The van der Waals surface area contributed by atoms with Crippen molar-refractivity contribution in [2.24, 2.45) is 0 Å². The van der Waals surface area contributed by atoms with E-state index >= 15 is 0 Å². The van der Waals surface area contributed by atoms with Gasteiger partial charge in [-0.15, -0.1) is 0 Å². The summed E-state index contributed by atoms with van der Waals surface area (Å²) in [6, 6.07) is 9.82. The maximum absolute atomic E-state index is 5.20. The van der Waals surface area contributed by atoms with Gasteiger partial charge in [-0.1, -0.05) is 30.3 Å². The zero-order chi connectivity index (χ0) is 9.52. The lowest BCUT2D eigenvalue weighted by atomic mass is 10.2. The second kappa shape index (κ2) is 5.70. The summed E-state index contributed by atoms with van der Waals surface area (Å²) in [6.45, 7) is 0.640. The molecule has 1 rings (SSSR count). The average molecular weight is 181 g/mol. The van der Waals surface area contributed by atoms with E-state index in [9.17, 15) is 0 Å². The van der Waals surface area contributed by atoms with Crippen molar-refractivity contribution in [2.75, 3.05) is 14.2 Å². The lowest BCUT2D eigenvalue weighted by Crippen LogP contribution is -2.07. The first-order valence-corrected chi connectivity index (χ1v) is 3.98. The predicted octanol–water partition coefficient (Wildman–Crippen LogP) is 1.94. The Balaban J connectivity index is 2.34. The van der Waals surface area contributed by atoms with Gasteiger partial charge in [0.05, 0.1) is 6.61 Å². The van der Waals surface area contributed by atoms with E-state index in [1.165, 1.54) is 14.2 Å². The van der Waals surface area contributed by atoms with Crippen LogP contribution in [0.2, 0.25) is 0 Å². The Hall–Kier alpha value is -0.900. The Bertz CT molecular complexity index is 219. The Labute approximate surface area is 78.2 Å². The van der Waals surface area contributed by atoms with Gasteiger partial charge in [0.2, 0.25) is 0 Å². The monoisotopic (exact) mass is 181 g/mol. The van der Waals surface area contributed by atoms with E-state index in [1.54, 1.807) is 0 Å². The number of benzene rings is 1. The second-order valence-corrected chi connectivity index (χ2v) is 2.43. The Kier molecular flexibility index (Phi) is 4.46. The third kappa shape index (κ3) is 3.55. The maximum atomic E-state index is 5.20. The molecule has 3 nitrogen and oxygen atoms in total. The van der Waals surface area contributed by atoms with E-state index in [1.807, 2.05) is 30.3 Å². The summed E-state index contributed by atoms with van der Waals surface area (Å²) in [5.74, 6) is 0.